The first kappa shape index (κ1) is 11.5. The molecule has 0 aliphatic rings. The van der Waals surface area contributed by atoms with Crippen LogP contribution in [0.15, 0.2) is 43.0 Å². The van der Waals surface area contributed by atoms with Gasteiger partial charge < -0.3 is 9.47 Å². The fourth-order valence-electron chi connectivity index (χ4n) is 1.05. The number of carbonyl (C=O) groups is 1. The van der Waals surface area contributed by atoms with E-state index in [2.05, 4.69) is 6.58 Å². The molecule has 0 saturated heterocycles. The highest BCUT2D eigenvalue weighted by atomic mass is 16.6. The van der Waals surface area contributed by atoms with Gasteiger partial charge in [-0.3, -0.25) is 0 Å². The number of methoxy groups -OCH3 is 1. The summed E-state index contributed by atoms with van der Waals surface area (Å²) in [5.41, 5.74) is 0.538. The van der Waals surface area contributed by atoms with Crippen LogP contribution in [-0.4, -0.2) is 25.8 Å². The summed E-state index contributed by atoms with van der Waals surface area (Å²) < 4.78 is 10.0. The molecule has 0 amide bonds. The largest absolute Gasteiger partial charge is 0.459 e. The maximum atomic E-state index is 11.5. The quantitative estimate of drug-likeness (QED) is 0.546. The molecule has 80 valence electrons. The lowest BCUT2D eigenvalue weighted by molar-refractivity contribution is 0.0247. The van der Waals surface area contributed by atoms with E-state index in [4.69, 9.17) is 9.47 Å². The third-order valence-corrected chi connectivity index (χ3v) is 1.95. The molecule has 0 unspecified atom stereocenters. The van der Waals surface area contributed by atoms with Gasteiger partial charge >= 0.3 is 5.97 Å². The molecule has 0 fully saturated rings. The average Bonchev–Trinajstić information content (AvgIpc) is 2.31. The Balaban J connectivity index is 2.46. The maximum Gasteiger partial charge on any atom is 0.338 e. The van der Waals surface area contributed by atoms with E-state index in [9.17, 15) is 4.79 Å². The molecule has 1 aromatic carbocycles. The monoisotopic (exact) mass is 206 g/mol. The van der Waals surface area contributed by atoms with Gasteiger partial charge in [-0.25, -0.2) is 4.79 Å². The highest BCUT2D eigenvalue weighted by molar-refractivity contribution is 5.89. The number of benzene rings is 1. The summed E-state index contributed by atoms with van der Waals surface area (Å²) in [6, 6.07) is 8.84. The van der Waals surface area contributed by atoms with Gasteiger partial charge in [-0.05, 0) is 12.1 Å². The zero-order chi connectivity index (χ0) is 11.1. The molecule has 3 nitrogen and oxygen atoms in total. The van der Waals surface area contributed by atoms with Crippen molar-refractivity contribution in [3.8, 4) is 0 Å². The van der Waals surface area contributed by atoms with Gasteiger partial charge in [-0.1, -0.05) is 24.3 Å². The first-order valence-corrected chi connectivity index (χ1v) is 4.65. The number of carbonyl (C=O) groups excluding carboxylic acids is 1. The SMILES string of the molecule is C=C[C@@H](COC(=O)c1ccccc1)OC. The van der Waals surface area contributed by atoms with Crippen molar-refractivity contribution in [1.82, 2.24) is 0 Å². The van der Waals surface area contributed by atoms with Gasteiger partial charge in [0.1, 0.15) is 12.7 Å². The minimum Gasteiger partial charge on any atom is -0.459 e. The van der Waals surface area contributed by atoms with E-state index in [-0.39, 0.29) is 18.7 Å². The van der Waals surface area contributed by atoms with Crippen LogP contribution in [0.25, 0.3) is 0 Å². The van der Waals surface area contributed by atoms with Crippen molar-refractivity contribution < 1.29 is 14.3 Å². The average molecular weight is 206 g/mol. The molecule has 0 bridgehead atoms. The van der Waals surface area contributed by atoms with Crippen molar-refractivity contribution in [3.05, 3.63) is 48.6 Å². The molecule has 0 radical (unpaired) electrons. The topological polar surface area (TPSA) is 35.5 Å². The first-order valence-electron chi connectivity index (χ1n) is 4.65. The van der Waals surface area contributed by atoms with E-state index in [1.807, 2.05) is 6.07 Å². The number of esters is 1. The summed E-state index contributed by atoms with van der Waals surface area (Å²) in [4.78, 5) is 11.5. The predicted molar refractivity (Wildman–Crippen MR) is 57.7 cm³/mol. The summed E-state index contributed by atoms with van der Waals surface area (Å²) in [5.74, 6) is -0.348. The Labute approximate surface area is 89.3 Å². The molecule has 1 aromatic rings. The standard InChI is InChI=1S/C12H14O3/c1-3-11(14-2)9-15-12(13)10-7-5-4-6-8-10/h3-8,11H,1,9H2,2H3/t11-/m0/s1. The molecule has 0 saturated carbocycles. The molecule has 0 spiro atoms. The van der Waals surface area contributed by atoms with Gasteiger partial charge in [0.05, 0.1) is 5.56 Å². The van der Waals surface area contributed by atoms with Gasteiger partial charge in [-0.2, -0.15) is 0 Å². The molecule has 1 rings (SSSR count). The molecule has 0 heterocycles. The number of rotatable bonds is 5. The molecule has 0 aromatic heterocycles. The zero-order valence-electron chi connectivity index (χ0n) is 8.68. The summed E-state index contributed by atoms with van der Waals surface area (Å²) in [6.45, 7) is 3.75. The number of ether oxygens (including phenoxy) is 2. The van der Waals surface area contributed by atoms with Gasteiger partial charge in [0, 0.05) is 7.11 Å². The lowest BCUT2D eigenvalue weighted by Gasteiger charge is -2.10. The smallest absolute Gasteiger partial charge is 0.338 e. The van der Waals surface area contributed by atoms with Crippen molar-refractivity contribution >= 4 is 5.97 Å². The van der Waals surface area contributed by atoms with Gasteiger partial charge in [0.25, 0.3) is 0 Å². The normalized spacial score (nSPS) is 11.8. The summed E-state index contributed by atoms with van der Waals surface area (Å²) >= 11 is 0. The molecule has 0 aliphatic heterocycles. The molecule has 15 heavy (non-hydrogen) atoms. The second kappa shape index (κ2) is 5.98. The molecule has 0 aliphatic carbocycles. The zero-order valence-corrected chi connectivity index (χ0v) is 8.68. The fourth-order valence-corrected chi connectivity index (χ4v) is 1.05. The number of hydrogen-bond acceptors (Lipinski definition) is 3. The fraction of sp³-hybridized carbons (Fsp3) is 0.250. The number of hydrogen-bond donors (Lipinski definition) is 0. The minimum absolute atomic E-state index is 0.188. The first-order chi connectivity index (χ1) is 7.27. The molecule has 0 N–H and O–H groups in total. The summed E-state index contributed by atoms with van der Waals surface area (Å²) in [7, 11) is 1.54. The lowest BCUT2D eigenvalue weighted by Crippen LogP contribution is -2.18. The second-order valence-corrected chi connectivity index (χ2v) is 2.97. The van der Waals surface area contributed by atoms with Gasteiger partial charge in [-0.15, -0.1) is 6.58 Å². The lowest BCUT2D eigenvalue weighted by atomic mass is 10.2. The van der Waals surface area contributed by atoms with Crippen molar-refractivity contribution in [2.45, 2.75) is 6.10 Å². The van der Waals surface area contributed by atoms with E-state index >= 15 is 0 Å². The second-order valence-electron chi connectivity index (χ2n) is 2.97. The van der Waals surface area contributed by atoms with Crippen LogP contribution in [0.2, 0.25) is 0 Å². The minimum atomic E-state index is -0.348. The van der Waals surface area contributed by atoms with Crippen LogP contribution in [0.3, 0.4) is 0 Å². The van der Waals surface area contributed by atoms with Crippen molar-refractivity contribution in [2.24, 2.45) is 0 Å². The Kier molecular flexibility index (Phi) is 4.57. The van der Waals surface area contributed by atoms with Crippen LogP contribution in [0, 0.1) is 0 Å². The van der Waals surface area contributed by atoms with Crippen LogP contribution in [-0.2, 0) is 9.47 Å². The van der Waals surface area contributed by atoms with Crippen LogP contribution in [0.4, 0.5) is 0 Å². The Bertz CT molecular complexity index is 319. The van der Waals surface area contributed by atoms with E-state index in [1.54, 1.807) is 37.5 Å². The Morgan fingerprint density at radius 2 is 2.13 bits per heavy atom. The summed E-state index contributed by atoms with van der Waals surface area (Å²) in [5, 5.41) is 0. The van der Waals surface area contributed by atoms with Crippen molar-refractivity contribution in [1.29, 1.82) is 0 Å². The molecule has 3 heteroatoms. The van der Waals surface area contributed by atoms with E-state index in [0.29, 0.717) is 5.56 Å². The van der Waals surface area contributed by atoms with Crippen LogP contribution < -0.4 is 0 Å². The molecule has 1 atom stereocenters. The van der Waals surface area contributed by atoms with Crippen LogP contribution >= 0.6 is 0 Å². The highest BCUT2D eigenvalue weighted by Gasteiger charge is 2.09. The summed E-state index contributed by atoms with van der Waals surface area (Å²) in [6.07, 6.45) is 1.34. The van der Waals surface area contributed by atoms with Crippen LogP contribution in [0.1, 0.15) is 10.4 Å². The van der Waals surface area contributed by atoms with Crippen LogP contribution in [0.5, 0.6) is 0 Å². The van der Waals surface area contributed by atoms with Gasteiger partial charge in [0.15, 0.2) is 0 Å². The Hall–Kier alpha value is -1.61. The van der Waals surface area contributed by atoms with Crippen molar-refractivity contribution in [2.75, 3.05) is 13.7 Å². The third kappa shape index (κ3) is 3.56. The Morgan fingerprint density at radius 3 is 2.67 bits per heavy atom. The highest BCUT2D eigenvalue weighted by Crippen LogP contribution is 2.02. The maximum absolute atomic E-state index is 11.5. The van der Waals surface area contributed by atoms with E-state index in [1.165, 1.54) is 0 Å². The van der Waals surface area contributed by atoms with Crippen molar-refractivity contribution in [3.63, 3.8) is 0 Å². The third-order valence-electron chi connectivity index (χ3n) is 1.95. The molecular formula is C12H14O3. The predicted octanol–water partition coefficient (Wildman–Crippen LogP) is 2.04. The van der Waals surface area contributed by atoms with E-state index in [0.717, 1.165) is 0 Å². The van der Waals surface area contributed by atoms with Gasteiger partial charge in [0.2, 0.25) is 0 Å². The Morgan fingerprint density at radius 1 is 1.47 bits per heavy atom. The molecular weight excluding hydrogens is 192 g/mol. The van der Waals surface area contributed by atoms with E-state index < -0.39 is 0 Å².